The molecule has 0 amide bonds. The Bertz CT molecular complexity index is 457. The highest BCUT2D eigenvalue weighted by Gasteiger charge is 2.32. The zero-order valence-corrected chi connectivity index (χ0v) is 17.7. The van der Waals surface area contributed by atoms with Crippen molar-refractivity contribution in [2.75, 3.05) is 59.5 Å². The summed E-state index contributed by atoms with van der Waals surface area (Å²) in [5.74, 6) is 2.72. The molecule has 1 N–H and O–H groups in total. The fourth-order valence-corrected chi connectivity index (χ4v) is 4.96. The van der Waals surface area contributed by atoms with Gasteiger partial charge in [-0.2, -0.15) is 0 Å². The molecule has 0 aliphatic carbocycles. The minimum atomic E-state index is 0.183. The van der Waals surface area contributed by atoms with E-state index in [2.05, 4.69) is 34.0 Å². The summed E-state index contributed by atoms with van der Waals surface area (Å²) in [6, 6.07) is 0. The van der Waals surface area contributed by atoms with Crippen molar-refractivity contribution in [3.05, 3.63) is 0 Å². The van der Waals surface area contributed by atoms with Crippen molar-refractivity contribution in [1.82, 2.24) is 15.1 Å². The molecule has 3 saturated heterocycles. The van der Waals surface area contributed by atoms with Crippen LogP contribution in [-0.4, -0.2) is 87.5 Å². The van der Waals surface area contributed by atoms with Gasteiger partial charge in [-0.15, -0.1) is 0 Å². The summed E-state index contributed by atoms with van der Waals surface area (Å²) >= 11 is 0. The number of rotatable bonds is 6. The van der Waals surface area contributed by atoms with Gasteiger partial charge in [0.1, 0.15) is 6.10 Å². The van der Waals surface area contributed by atoms with Crippen molar-refractivity contribution in [3.63, 3.8) is 0 Å². The molecule has 3 rings (SSSR count). The summed E-state index contributed by atoms with van der Waals surface area (Å²) in [4.78, 5) is 9.50. The van der Waals surface area contributed by atoms with Crippen LogP contribution in [0.25, 0.3) is 0 Å². The normalized spacial score (nSPS) is 33.4. The van der Waals surface area contributed by atoms with E-state index in [0.29, 0.717) is 0 Å². The minimum absolute atomic E-state index is 0.183. The standard InChI is InChI=1S/C21H40N4O2/c1-17-13-18(2)15-24(14-17)9-5-4-8-23-21(22-3)25-10-12-27-20(16-25)19-7-6-11-26-19/h17-20H,4-16H2,1-3H3,(H,22,23). The van der Waals surface area contributed by atoms with Crippen LogP contribution in [0.4, 0.5) is 0 Å². The van der Waals surface area contributed by atoms with E-state index < -0.39 is 0 Å². The zero-order chi connectivity index (χ0) is 19.1. The van der Waals surface area contributed by atoms with Crippen LogP contribution < -0.4 is 5.32 Å². The first kappa shape index (κ1) is 20.9. The van der Waals surface area contributed by atoms with Crippen LogP contribution in [0.5, 0.6) is 0 Å². The van der Waals surface area contributed by atoms with Crippen molar-refractivity contribution in [3.8, 4) is 0 Å². The largest absolute Gasteiger partial charge is 0.375 e. The lowest BCUT2D eigenvalue weighted by Gasteiger charge is -2.37. The molecule has 4 unspecified atom stereocenters. The Hall–Kier alpha value is -0.850. The topological polar surface area (TPSA) is 49.3 Å². The van der Waals surface area contributed by atoms with Crippen molar-refractivity contribution < 1.29 is 9.47 Å². The lowest BCUT2D eigenvalue weighted by Crippen LogP contribution is -2.53. The highest BCUT2D eigenvalue weighted by molar-refractivity contribution is 5.80. The number of nitrogens with one attached hydrogen (secondary N) is 1. The van der Waals surface area contributed by atoms with Crippen molar-refractivity contribution in [2.45, 2.75) is 58.2 Å². The van der Waals surface area contributed by atoms with E-state index in [1.165, 1.54) is 38.9 Å². The quantitative estimate of drug-likeness (QED) is 0.435. The Balaban J connectivity index is 1.34. The van der Waals surface area contributed by atoms with Gasteiger partial charge >= 0.3 is 0 Å². The molecule has 0 aromatic rings. The number of guanidine groups is 1. The number of likely N-dealkylation sites (tertiary alicyclic amines) is 1. The van der Waals surface area contributed by atoms with Gasteiger partial charge in [0.15, 0.2) is 5.96 Å². The number of ether oxygens (including phenoxy) is 2. The maximum Gasteiger partial charge on any atom is 0.193 e. The molecule has 0 aromatic carbocycles. The summed E-state index contributed by atoms with van der Waals surface area (Å²) in [6.45, 7) is 13.0. The van der Waals surface area contributed by atoms with Crippen LogP contribution in [0.3, 0.4) is 0 Å². The molecule has 0 bridgehead atoms. The average molecular weight is 381 g/mol. The number of nitrogens with zero attached hydrogens (tertiary/aromatic N) is 3. The monoisotopic (exact) mass is 380 g/mol. The molecular weight excluding hydrogens is 340 g/mol. The van der Waals surface area contributed by atoms with Gasteiger partial charge in [0, 0.05) is 46.4 Å². The smallest absolute Gasteiger partial charge is 0.193 e. The fourth-order valence-electron chi connectivity index (χ4n) is 4.96. The number of hydrogen-bond donors (Lipinski definition) is 1. The van der Waals surface area contributed by atoms with E-state index in [9.17, 15) is 0 Å². The number of hydrogen-bond acceptors (Lipinski definition) is 4. The molecule has 3 heterocycles. The summed E-state index contributed by atoms with van der Waals surface area (Å²) < 4.78 is 11.8. The molecular formula is C21H40N4O2. The maximum atomic E-state index is 5.96. The summed E-state index contributed by atoms with van der Waals surface area (Å²) in [6.07, 6.45) is 6.57. The van der Waals surface area contributed by atoms with E-state index in [4.69, 9.17) is 9.47 Å². The Morgan fingerprint density at radius 2 is 1.81 bits per heavy atom. The molecule has 6 heteroatoms. The first-order chi connectivity index (χ1) is 13.2. The molecule has 3 fully saturated rings. The van der Waals surface area contributed by atoms with E-state index in [1.807, 2.05) is 7.05 Å². The van der Waals surface area contributed by atoms with Gasteiger partial charge in [-0.1, -0.05) is 13.8 Å². The highest BCUT2D eigenvalue weighted by Crippen LogP contribution is 2.22. The van der Waals surface area contributed by atoms with Crippen LogP contribution >= 0.6 is 0 Å². The molecule has 6 nitrogen and oxygen atoms in total. The van der Waals surface area contributed by atoms with Crippen LogP contribution in [0.2, 0.25) is 0 Å². The van der Waals surface area contributed by atoms with Crippen LogP contribution in [0, 0.1) is 11.8 Å². The van der Waals surface area contributed by atoms with Gasteiger partial charge in [0.05, 0.1) is 12.7 Å². The molecule has 3 aliphatic heterocycles. The maximum absolute atomic E-state index is 5.96. The number of unbranched alkanes of at least 4 members (excludes halogenated alkanes) is 1. The van der Waals surface area contributed by atoms with Gasteiger partial charge in [0.2, 0.25) is 0 Å². The Kier molecular flexibility index (Phi) is 8.22. The van der Waals surface area contributed by atoms with Crippen molar-refractivity contribution in [1.29, 1.82) is 0 Å². The molecule has 3 aliphatic rings. The average Bonchev–Trinajstić information content (AvgIpc) is 3.19. The third-order valence-electron chi connectivity index (χ3n) is 6.11. The summed E-state index contributed by atoms with van der Waals surface area (Å²) in [7, 11) is 1.88. The predicted octanol–water partition coefficient (Wildman–Crippen LogP) is 2.20. The zero-order valence-electron chi connectivity index (χ0n) is 17.7. The first-order valence-electron chi connectivity index (χ1n) is 11.1. The lowest BCUT2D eigenvalue weighted by molar-refractivity contribution is -0.0816. The van der Waals surface area contributed by atoms with Crippen LogP contribution in [-0.2, 0) is 9.47 Å². The highest BCUT2D eigenvalue weighted by atomic mass is 16.5. The van der Waals surface area contributed by atoms with Crippen molar-refractivity contribution >= 4 is 5.96 Å². The third-order valence-corrected chi connectivity index (χ3v) is 6.11. The Labute approximate surface area is 165 Å². The number of morpholine rings is 1. The van der Waals surface area contributed by atoms with E-state index in [-0.39, 0.29) is 12.2 Å². The first-order valence-corrected chi connectivity index (χ1v) is 11.1. The second-order valence-corrected chi connectivity index (χ2v) is 8.79. The van der Waals surface area contributed by atoms with Gasteiger partial charge in [0.25, 0.3) is 0 Å². The Morgan fingerprint density at radius 3 is 2.52 bits per heavy atom. The van der Waals surface area contributed by atoms with Crippen LogP contribution in [0.1, 0.15) is 46.0 Å². The second-order valence-electron chi connectivity index (χ2n) is 8.79. The molecule has 0 aromatic heterocycles. The molecule has 0 saturated carbocycles. The van der Waals surface area contributed by atoms with E-state index in [1.54, 1.807) is 0 Å². The van der Waals surface area contributed by atoms with E-state index in [0.717, 1.165) is 63.5 Å². The molecule has 0 radical (unpaired) electrons. The Morgan fingerprint density at radius 1 is 1.04 bits per heavy atom. The van der Waals surface area contributed by atoms with Gasteiger partial charge in [-0.25, -0.2) is 0 Å². The minimum Gasteiger partial charge on any atom is -0.375 e. The van der Waals surface area contributed by atoms with Gasteiger partial charge < -0.3 is 24.6 Å². The molecule has 0 spiro atoms. The van der Waals surface area contributed by atoms with E-state index >= 15 is 0 Å². The number of aliphatic imine (C=N–C) groups is 1. The molecule has 27 heavy (non-hydrogen) atoms. The van der Waals surface area contributed by atoms with Gasteiger partial charge in [-0.05, 0) is 50.5 Å². The van der Waals surface area contributed by atoms with Crippen molar-refractivity contribution in [2.24, 2.45) is 16.8 Å². The van der Waals surface area contributed by atoms with Crippen LogP contribution in [0.15, 0.2) is 4.99 Å². The molecule has 4 atom stereocenters. The lowest BCUT2D eigenvalue weighted by atomic mass is 9.92. The summed E-state index contributed by atoms with van der Waals surface area (Å²) in [5, 5.41) is 3.57. The fraction of sp³-hybridized carbons (Fsp3) is 0.952. The SMILES string of the molecule is CN=C(NCCCCN1CC(C)CC(C)C1)N1CCOC(C2CCCO2)C1. The summed E-state index contributed by atoms with van der Waals surface area (Å²) in [5.41, 5.74) is 0. The third kappa shape index (κ3) is 6.33. The molecule has 156 valence electrons. The second kappa shape index (κ2) is 10.6. The number of piperidine rings is 1. The van der Waals surface area contributed by atoms with Gasteiger partial charge in [-0.3, -0.25) is 4.99 Å². The predicted molar refractivity (Wildman–Crippen MR) is 110 cm³/mol.